The number of hydrogen-bond acceptors (Lipinski definition) is 6. The van der Waals surface area contributed by atoms with Gasteiger partial charge in [0, 0.05) is 13.7 Å². The van der Waals surface area contributed by atoms with Crippen molar-refractivity contribution in [3.8, 4) is 11.6 Å². The highest BCUT2D eigenvalue weighted by atomic mass is 16.5. The average Bonchev–Trinajstić information content (AvgIpc) is 3.03. The smallest absolute Gasteiger partial charge is 0.240 e. The summed E-state index contributed by atoms with van der Waals surface area (Å²) in [6.45, 7) is 3.22. The molecule has 2 aromatic heterocycles. The fourth-order valence-electron chi connectivity index (χ4n) is 1.49. The van der Waals surface area contributed by atoms with E-state index in [1.54, 1.807) is 24.2 Å². The Morgan fingerprint density at radius 2 is 2.39 bits per heavy atom. The van der Waals surface area contributed by atoms with Gasteiger partial charge in [0.1, 0.15) is 0 Å². The first-order chi connectivity index (χ1) is 8.90. The van der Waals surface area contributed by atoms with Crippen molar-refractivity contribution in [1.29, 1.82) is 0 Å². The molecular weight excluding hydrogens is 234 g/mol. The van der Waals surface area contributed by atoms with Crippen molar-refractivity contribution in [1.82, 2.24) is 25.5 Å². The number of aromatic nitrogens is 4. The molecule has 0 fully saturated rings. The number of aryl methyl sites for hydroxylation is 1. The van der Waals surface area contributed by atoms with E-state index in [0.29, 0.717) is 11.6 Å². The zero-order valence-electron chi connectivity index (χ0n) is 10.4. The van der Waals surface area contributed by atoms with Crippen molar-refractivity contribution < 1.29 is 9.15 Å². The number of hydrogen-bond donors (Lipinski definition) is 1. The Bertz CT molecular complexity index is 440. The summed E-state index contributed by atoms with van der Waals surface area (Å²) in [4.78, 5) is 1.58. The largest absolute Gasteiger partial charge is 0.461 e. The van der Waals surface area contributed by atoms with E-state index < -0.39 is 0 Å². The van der Waals surface area contributed by atoms with Gasteiger partial charge in [0.15, 0.2) is 5.76 Å². The summed E-state index contributed by atoms with van der Waals surface area (Å²) in [5.41, 5.74) is 0. The van der Waals surface area contributed by atoms with Gasteiger partial charge in [-0.2, -0.15) is 4.80 Å². The van der Waals surface area contributed by atoms with Crippen LogP contribution in [0.3, 0.4) is 0 Å². The summed E-state index contributed by atoms with van der Waals surface area (Å²) in [6, 6.07) is 3.61. The van der Waals surface area contributed by atoms with Gasteiger partial charge in [-0.05, 0) is 30.3 Å². The highest BCUT2D eigenvalue weighted by molar-refractivity contribution is 5.43. The van der Waals surface area contributed by atoms with Gasteiger partial charge in [0.05, 0.1) is 19.4 Å². The second kappa shape index (κ2) is 6.87. The number of methoxy groups -OCH3 is 1. The first-order valence-corrected chi connectivity index (χ1v) is 5.91. The van der Waals surface area contributed by atoms with E-state index in [-0.39, 0.29) is 0 Å². The molecule has 2 heterocycles. The number of nitrogens with zero attached hydrogens (tertiary/aromatic N) is 4. The fourth-order valence-corrected chi connectivity index (χ4v) is 1.49. The van der Waals surface area contributed by atoms with Gasteiger partial charge in [-0.1, -0.05) is 0 Å². The van der Waals surface area contributed by atoms with Gasteiger partial charge >= 0.3 is 0 Å². The maximum Gasteiger partial charge on any atom is 0.240 e. The monoisotopic (exact) mass is 251 g/mol. The molecule has 0 unspecified atom stereocenters. The van der Waals surface area contributed by atoms with Crippen LogP contribution in [0.15, 0.2) is 22.8 Å². The minimum absolute atomic E-state index is 0.521. The molecule has 7 nitrogen and oxygen atoms in total. The lowest BCUT2D eigenvalue weighted by molar-refractivity contribution is 0.199. The first-order valence-electron chi connectivity index (χ1n) is 5.91. The summed E-state index contributed by atoms with van der Waals surface area (Å²) in [6.07, 6.45) is 2.54. The molecule has 2 rings (SSSR count). The fraction of sp³-hybridized carbons (Fsp3) is 0.545. The van der Waals surface area contributed by atoms with Crippen LogP contribution in [-0.4, -0.2) is 47.0 Å². The molecule has 0 spiro atoms. The van der Waals surface area contributed by atoms with Crippen molar-refractivity contribution in [2.24, 2.45) is 0 Å². The number of ether oxygens (including phenoxy) is 1. The molecule has 0 aromatic carbocycles. The zero-order valence-corrected chi connectivity index (χ0v) is 10.4. The van der Waals surface area contributed by atoms with Gasteiger partial charge in [0.2, 0.25) is 5.82 Å². The van der Waals surface area contributed by atoms with Crippen LogP contribution in [0.4, 0.5) is 0 Å². The number of rotatable bonds is 8. The molecule has 0 radical (unpaired) electrons. The SMILES string of the molecule is COCCNCCCn1nnc(-c2ccco2)n1. The Kier molecular flexibility index (Phi) is 4.86. The summed E-state index contributed by atoms with van der Waals surface area (Å²) in [7, 11) is 1.69. The van der Waals surface area contributed by atoms with Crippen molar-refractivity contribution in [3.05, 3.63) is 18.4 Å². The molecule has 0 aliphatic carbocycles. The third-order valence-electron chi connectivity index (χ3n) is 2.39. The number of nitrogens with one attached hydrogen (secondary N) is 1. The second-order valence-electron chi connectivity index (χ2n) is 3.78. The van der Waals surface area contributed by atoms with Crippen LogP contribution in [0, 0.1) is 0 Å². The number of tetrazole rings is 1. The molecule has 0 aliphatic heterocycles. The third-order valence-corrected chi connectivity index (χ3v) is 2.39. The minimum atomic E-state index is 0.521. The third kappa shape index (κ3) is 3.64. The normalized spacial score (nSPS) is 10.9. The van der Waals surface area contributed by atoms with E-state index in [2.05, 4.69) is 20.7 Å². The predicted octanol–water partition coefficient (Wildman–Crippen LogP) is 0.559. The Morgan fingerprint density at radius 1 is 1.44 bits per heavy atom. The van der Waals surface area contributed by atoms with E-state index in [0.717, 1.165) is 32.7 Å². The topological polar surface area (TPSA) is 78.0 Å². The molecule has 0 bridgehead atoms. The van der Waals surface area contributed by atoms with Crippen LogP contribution >= 0.6 is 0 Å². The van der Waals surface area contributed by atoms with Crippen molar-refractivity contribution in [2.45, 2.75) is 13.0 Å². The first kappa shape index (κ1) is 12.7. The Hall–Kier alpha value is -1.73. The van der Waals surface area contributed by atoms with Gasteiger partial charge in [0.25, 0.3) is 0 Å². The highest BCUT2D eigenvalue weighted by Gasteiger charge is 2.07. The molecular formula is C11H17N5O2. The molecule has 7 heteroatoms. The Morgan fingerprint density at radius 3 is 3.17 bits per heavy atom. The van der Waals surface area contributed by atoms with E-state index in [4.69, 9.17) is 9.15 Å². The summed E-state index contributed by atoms with van der Waals surface area (Å²) in [5, 5.41) is 15.4. The van der Waals surface area contributed by atoms with Gasteiger partial charge in [-0.15, -0.1) is 10.2 Å². The van der Waals surface area contributed by atoms with Gasteiger partial charge < -0.3 is 14.5 Å². The van der Waals surface area contributed by atoms with Crippen LogP contribution in [0.2, 0.25) is 0 Å². The molecule has 98 valence electrons. The van der Waals surface area contributed by atoms with Crippen LogP contribution in [0.1, 0.15) is 6.42 Å². The highest BCUT2D eigenvalue weighted by Crippen LogP contribution is 2.12. The Labute approximate surface area is 105 Å². The summed E-state index contributed by atoms with van der Waals surface area (Å²) < 4.78 is 10.1. The molecule has 18 heavy (non-hydrogen) atoms. The van der Waals surface area contributed by atoms with E-state index in [9.17, 15) is 0 Å². The van der Waals surface area contributed by atoms with Gasteiger partial charge in [-0.25, -0.2) is 0 Å². The predicted molar refractivity (Wildman–Crippen MR) is 64.9 cm³/mol. The van der Waals surface area contributed by atoms with Crippen LogP contribution in [0.25, 0.3) is 11.6 Å². The van der Waals surface area contributed by atoms with Gasteiger partial charge in [-0.3, -0.25) is 0 Å². The Balaban J connectivity index is 1.71. The number of furan rings is 1. The quantitative estimate of drug-likeness (QED) is 0.691. The molecule has 0 saturated carbocycles. The lowest BCUT2D eigenvalue weighted by atomic mass is 10.4. The average molecular weight is 251 g/mol. The maximum atomic E-state index is 5.20. The summed E-state index contributed by atoms with van der Waals surface area (Å²) in [5.74, 6) is 1.16. The van der Waals surface area contributed by atoms with E-state index in [1.807, 2.05) is 6.07 Å². The standard InChI is InChI=1S/C11H17N5O2/c1-17-9-6-12-5-3-7-16-14-11(13-15-16)10-4-2-8-18-10/h2,4,8,12H,3,5-7,9H2,1H3. The minimum Gasteiger partial charge on any atom is -0.461 e. The molecule has 0 aliphatic rings. The molecule has 0 atom stereocenters. The van der Waals surface area contributed by atoms with Crippen molar-refractivity contribution in [3.63, 3.8) is 0 Å². The van der Waals surface area contributed by atoms with Crippen LogP contribution in [-0.2, 0) is 11.3 Å². The molecule has 1 N–H and O–H groups in total. The molecule has 2 aromatic rings. The van der Waals surface area contributed by atoms with E-state index >= 15 is 0 Å². The van der Waals surface area contributed by atoms with Crippen molar-refractivity contribution in [2.75, 3.05) is 26.8 Å². The van der Waals surface area contributed by atoms with Crippen molar-refractivity contribution >= 4 is 0 Å². The second-order valence-corrected chi connectivity index (χ2v) is 3.78. The van der Waals surface area contributed by atoms with E-state index in [1.165, 1.54) is 0 Å². The van der Waals surface area contributed by atoms with Crippen LogP contribution in [0.5, 0.6) is 0 Å². The molecule has 0 amide bonds. The maximum absolute atomic E-state index is 5.20. The lowest BCUT2D eigenvalue weighted by Crippen LogP contribution is -2.21. The zero-order chi connectivity index (χ0) is 12.6. The summed E-state index contributed by atoms with van der Waals surface area (Å²) >= 11 is 0. The molecule has 0 saturated heterocycles. The lowest BCUT2D eigenvalue weighted by Gasteiger charge is -2.02. The van der Waals surface area contributed by atoms with Crippen LogP contribution < -0.4 is 5.32 Å².